The Balaban J connectivity index is 1.77. The van der Waals surface area contributed by atoms with Crippen LogP contribution in [-0.4, -0.2) is 22.7 Å². The molecule has 126 valence electrons. The van der Waals surface area contributed by atoms with Crippen LogP contribution in [-0.2, 0) is 9.59 Å². The van der Waals surface area contributed by atoms with Gasteiger partial charge in [-0.3, -0.25) is 14.5 Å². The second-order valence-electron chi connectivity index (χ2n) is 5.18. The number of hydrogen-bond donors (Lipinski definition) is 1. The molecule has 2 aromatic rings. The van der Waals surface area contributed by atoms with Gasteiger partial charge in [-0.2, -0.15) is 0 Å². The molecule has 0 aromatic heterocycles. The van der Waals surface area contributed by atoms with Crippen LogP contribution >= 0.6 is 24.0 Å². The molecular weight excluding hydrogens is 356 g/mol. The predicted octanol–water partition coefficient (Wildman–Crippen LogP) is 2.96. The van der Waals surface area contributed by atoms with E-state index in [1.54, 1.807) is 30.3 Å². The minimum absolute atomic E-state index is 0.143. The number of hydrogen-bond acceptors (Lipinski definition) is 5. The smallest absolute Gasteiger partial charge is 0.270 e. The first kappa shape index (κ1) is 17.2. The highest BCUT2D eigenvalue weighted by molar-refractivity contribution is 8.27. The number of carbonyl (C=O) groups is 2. The molecule has 0 saturated carbocycles. The van der Waals surface area contributed by atoms with Crippen molar-refractivity contribution in [3.63, 3.8) is 0 Å². The molecule has 0 spiro atoms. The highest BCUT2D eigenvalue weighted by Crippen LogP contribution is 2.35. The summed E-state index contributed by atoms with van der Waals surface area (Å²) >= 11 is 6.60. The molecule has 0 aliphatic carbocycles. The number of nitrogens with zero attached hydrogens (tertiary/aromatic N) is 1. The third kappa shape index (κ3) is 4.07. The van der Waals surface area contributed by atoms with E-state index in [0.29, 0.717) is 15.0 Å². The summed E-state index contributed by atoms with van der Waals surface area (Å²) < 4.78 is 5.71. The Morgan fingerprint density at radius 3 is 2.48 bits per heavy atom. The molecule has 0 radical (unpaired) electrons. The number of anilines is 1. The van der Waals surface area contributed by atoms with Gasteiger partial charge in [0.15, 0.2) is 10.9 Å². The van der Waals surface area contributed by atoms with Crippen LogP contribution in [0.3, 0.4) is 0 Å². The van der Waals surface area contributed by atoms with Crippen molar-refractivity contribution in [3.8, 4) is 5.75 Å². The Hall–Kier alpha value is -2.64. The molecule has 2 aromatic carbocycles. The Bertz CT molecular complexity index is 848. The van der Waals surface area contributed by atoms with E-state index in [2.05, 4.69) is 0 Å². The van der Waals surface area contributed by atoms with Crippen LogP contribution in [0.1, 0.15) is 5.56 Å². The number of thioether (sulfide) groups is 1. The number of nitrogens with two attached hydrogens (primary N) is 1. The maximum Gasteiger partial charge on any atom is 0.270 e. The molecule has 7 heteroatoms. The van der Waals surface area contributed by atoms with Crippen molar-refractivity contribution < 1.29 is 14.3 Å². The van der Waals surface area contributed by atoms with Crippen molar-refractivity contribution in [1.29, 1.82) is 0 Å². The third-order valence-electron chi connectivity index (χ3n) is 3.37. The Kier molecular flexibility index (Phi) is 5.16. The highest BCUT2D eigenvalue weighted by Gasteiger charge is 2.33. The van der Waals surface area contributed by atoms with Crippen molar-refractivity contribution >= 4 is 51.9 Å². The van der Waals surface area contributed by atoms with Gasteiger partial charge in [-0.1, -0.05) is 54.3 Å². The Labute approximate surface area is 154 Å². The fraction of sp³-hybridized carbons (Fsp3) is 0.0556. The SMILES string of the molecule is NC(=O)COc1ccc(/C=C2/SC(=S)N(c3ccccc3)C2=O)cc1. The summed E-state index contributed by atoms with van der Waals surface area (Å²) in [6.45, 7) is -0.172. The summed E-state index contributed by atoms with van der Waals surface area (Å²) in [4.78, 5) is 25.4. The second-order valence-corrected chi connectivity index (χ2v) is 6.85. The molecule has 1 heterocycles. The molecular formula is C18H14N2O3S2. The van der Waals surface area contributed by atoms with Gasteiger partial charge in [0.1, 0.15) is 5.75 Å². The highest BCUT2D eigenvalue weighted by atomic mass is 32.2. The van der Waals surface area contributed by atoms with Gasteiger partial charge >= 0.3 is 0 Å². The summed E-state index contributed by atoms with van der Waals surface area (Å²) in [6.07, 6.45) is 1.78. The largest absolute Gasteiger partial charge is 0.484 e. The zero-order valence-electron chi connectivity index (χ0n) is 13.0. The summed E-state index contributed by atoms with van der Waals surface area (Å²) in [5.74, 6) is -0.142. The third-order valence-corrected chi connectivity index (χ3v) is 4.67. The maximum absolute atomic E-state index is 12.6. The number of benzene rings is 2. The van der Waals surface area contributed by atoms with E-state index < -0.39 is 5.91 Å². The van der Waals surface area contributed by atoms with Gasteiger partial charge in [0, 0.05) is 0 Å². The quantitative estimate of drug-likeness (QED) is 0.647. The molecule has 3 rings (SSSR count). The van der Waals surface area contributed by atoms with Gasteiger partial charge in [0.2, 0.25) is 0 Å². The van der Waals surface area contributed by atoms with E-state index in [1.165, 1.54) is 16.7 Å². The summed E-state index contributed by atoms with van der Waals surface area (Å²) in [6, 6.07) is 16.3. The number of primary amides is 1. The average molecular weight is 370 g/mol. The number of para-hydroxylation sites is 1. The van der Waals surface area contributed by atoms with E-state index in [-0.39, 0.29) is 12.5 Å². The van der Waals surface area contributed by atoms with Crippen molar-refractivity contribution in [1.82, 2.24) is 0 Å². The molecule has 2 amide bonds. The fourth-order valence-corrected chi connectivity index (χ4v) is 3.53. The topological polar surface area (TPSA) is 72.6 Å². The van der Waals surface area contributed by atoms with E-state index in [1.807, 2.05) is 30.3 Å². The van der Waals surface area contributed by atoms with Gasteiger partial charge in [-0.05, 0) is 35.9 Å². The molecule has 5 nitrogen and oxygen atoms in total. The minimum Gasteiger partial charge on any atom is -0.484 e. The van der Waals surface area contributed by atoms with Crippen molar-refractivity contribution in [2.24, 2.45) is 5.73 Å². The Morgan fingerprint density at radius 2 is 1.84 bits per heavy atom. The lowest BCUT2D eigenvalue weighted by Gasteiger charge is -2.13. The van der Waals surface area contributed by atoms with E-state index in [4.69, 9.17) is 22.7 Å². The van der Waals surface area contributed by atoms with E-state index in [9.17, 15) is 9.59 Å². The average Bonchev–Trinajstić information content (AvgIpc) is 2.88. The molecule has 0 atom stereocenters. The first-order valence-corrected chi connectivity index (χ1v) is 8.61. The van der Waals surface area contributed by atoms with Crippen LogP contribution in [0.5, 0.6) is 5.75 Å². The molecule has 0 unspecified atom stereocenters. The lowest BCUT2D eigenvalue weighted by Crippen LogP contribution is -2.27. The number of rotatable bonds is 5. The van der Waals surface area contributed by atoms with Gasteiger partial charge in [-0.15, -0.1) is 0 Å². The molecule has 1 fully saturated rings. The number of amides is 2. The molecule has 25 heavy (non-hydrogen) atoms. The van der Waals surface area contributed by atoms with Crippen LogP contribution in [0.15, 0.2) is 59.5 Å². The van der Waals surface area contributed by atoms with Crippen LogP contribution < -0.4 is 15.4 Å². The van der Waals surface area contributed by atoms with E-state index in [0.717, 1.165) is 11.3 Å². The van der Waals surface area contributed by atoms with Gasteiger partial charge in [-0.25, -0.2) is 0 Å². The summed E-state index contributed by atoms with van der Waals surface area (Å²) in [5, 5.41) is 0. The minimum atomic E-state index is -0.534. The molecule has 2 N–H and O–H groups in total. The molecule has 0 bridgehead atoms. The van der Waals surface area contributed by atoms with Crippen LogP contribution in [0.4, 0.5) is 5.69 Å². The number of thiocarbonyl (C=S) groups is 1. The Morgan fingerprint density at radius 1 is 1.16 bits per heavy atom. The predicted molar refractivity (Wildman–Crippen MR) is 103 cm³/mol. The van der Waals surface area contributed by atoms with Crippen molar-refractivity contribution in [3.05, 3.63) is 65.1 Å². The number of carbonyl (C=O) groups excluding carboxylic acids is 2. The molecule has 1 saturated heterocycles. The van der Waals surface area contributed by atoms with Crippen LogP contribution in [0, 0.1) is 0 Å². The lowest BCUT2D eigenvalue weighted by molar-refractivity contribution is -0.120. The summed E-state index contributed by atoms with van der Waals surface area (Å²) in [7, 11) is 0. The first-order valence-electron chi connectivity index (χ1n) is 7.39. The maximum atomic E-state index is 12.6. The van der Waals surface area contributed by atoms with Crippen molar-refractivity contribution in [2.75, 3.05) is 11.5 Å². The van der Waals surface area contributed by atoms with Crippen LogP contribution in [0.25, 0.3) is 6.08 Å². The fourth-order valence-electron chi connectivity index (χ4n) is 2.23. The second kappa shape index (κ2) is 7.50. The van der Waals surface area contributed by atoms with Gasteiger partial charge in [0.25, 0.3) is 11.8 Å². The zero-order valence-corrected chi connectivity index (χ0v) is 14.7. The standard InChI is InChI=1S/C18H14N2O3S2/c19-16(21)11-23-14-8-6-12(7-9-14)10-15-17(22)20(18(24)25-15)13-4-2-1-3-5-13/h1-10H,11H2,(H2,19,21)/b15-10+. The van der Waals surface area contributed by atoms with Crippen molar-refractivity contribution in [2.45, 2.75) is 0 Å². The molecule has 1 aliphatic heterocycles. The number of ether oxygens (including phenoxy) is 1. The molecule has 1 aliphatic rings. The normalized spacial score (nSPS) is 15.7. The first-order chi connectivity index (χ1) is 12.0. The van der Waals surface area contributed by atoms with Crippen LogP contribution in [0.2, 0.25) is 0 Å². The lowest BCUT2D eigenvalue weighted by atomic mass is 10.2. The van der Waals surface area contributed by atoms with Gasteiger partial charge in [0.05, 0.1) is 10.6 Å². The van der Waals surface area contributed by atoms with Gasteiger partial charge < -0.3 is 10.5 Å². The monoisotopic (exact) mass is 370 g/mol. The zero-order chi connectivity index (χ0) is 17.8. The van der Waals surface area contributed by atoms with E-state index >= 15 is 0 Å². The summed E-state index contributed by atoms with van der Waals surface area (Å²) in [5.41, 5.74) is 6.62.